The molecule has 112 valence electrons. The maximum Gasteiger partial charge on any atom is 0.243 e. The normalized spacial score (nSPS) is 23.2. The molecule has 0 radical (unpaired) electrons. The SMILES string of the molecule is NCC1CCCC1NS(=O)(=O)c1cc(Br)c(F)cc1F. The van der Waals surface area contributed by atoms with Crippen molar-refractivity contribution in [3.63, 3.8) is 0 Å². The predicted octanol–water partition coefficient (Wildman–Crippen LogP) is 2.13. The lowest BCUT2D eigenvalue weighted by atomic mass is 10.1. The van der Waals surface area contributed by atoms with Crippen LogP contribution >= 0.6 is 15.9 Å². The van der Waals surface area contributed by atoms with Crippen LogP contribution in [0.3, 0.4) is 0 Å². The molecule has 1 aromatic rings. The maximum absolute atomic E-state index is 13.7. The second-order valence-corrected chi connectivity index (χ2v) is 7.39. The molecule has 2 rings (SSSR count). The van der Waals surface area contributed by atoms with E-state index in [0.29, 0.717) is 19.0 Å². The fourth-order valence-corrected chi connectivity index (χ4v) is 4.37. The molecule has 2 unspecified atom stereocenters. The minimum absolute atomic E-state index is 0.0525. The highest BCUT2D eigenvalue weighted by molar-refractivity contribution is 9.10. The number of halogens is 3. The van der Waals surface area contributed by atoms with Crippen molar-refractivity contribution in [2.45, 2.75) is 30.2 Å². The molecule has 20 heavy (non-hydrogen) atoms. The third-order valence-electron chi connectivity index (χ3n) is 3.53. The average Bonchev–Trinajstić information content (AvgIpc) is 2.80. The lowest BCUT2D eigenvalue weighted by molar-refractivity contribution is 0.450. The van der Waals surface area contributed by atoms with E-state index in [0.717, 1.165) is 18.9 Å². The zero-order valence-electron chi connectivity index (χ0n) is 10.6. The van der Waals surface area contributed by atoms with E-state index in [4.69, 9.17) is 5.73 Å². The Balaban J connectivity index is 2.29. The lowest BCUT2D eigenvalue weighted by Crippen LogP contribution is -2.40. The van der Waals surface area contributed by atoms with Gasteiger partial charge in [0.1, 0.15) is 16.5 Å². The minimum atomic E-state index is -4.03. The van der Waals surface area contributed by atoms with Gasteiger partial charge >= 0.3 is 0 Å². The number of rotatable bonds is 4. The van der Waals surface area contributed by atoms with E-state index in [1.165, 1.54) is 0 Å². The molecule has 0 saturated heterocycles. The Kier molecular flexibility index (Phi) is 4.78. The quantitative estimate of drug-likeness (QED) is 0.799. The van der Waals surface area contributed by atoms with Crippen LogP contribution in [0.1, 0.15) is 19.3 Å². The molecular weight excluding hydrogens is 354 g/mol. The zero-order valence-corrected chi connectivity index (χ0v) is 13.0. The average molecular weight is 369 g/mol. The number of nitrogens with one attached hydrogen (secondary N) is 1. The Hall–Kier alpha value is -0.570. The predicted molar refractivity (Wildman–Crippen MR) is 74.6 cm³/mol. The van der Waals surface area contributed by atoms with Crippen LogP contribution in [0.5, 0.6) is 0 Å². The van der Waals surface area contributed by atoms with Gasteiger partial charge in [0.25, 0.3) is 0 Å². The third kappa shape index (κ3) is 3.19. The Bertz CT molecular complexity index is 610. The van der Waals surface area contributed by atoms with E-state index in [1.807, 2.05) is 0 Å². The molecule has 1 fully saturated rings. The topological polar surface area (TPSA) is 72.2 Å². The fourth-order valence-electron chi connectivity index (χ4n) is 2.45. The number of hydrogen-bond acceptors (Lipinski definition) is 3. The van der Waals surface area contributed by atoms with Gasteiger partial charge in [-0.3, -0.25) is 0 Å². The third-order valence-corrected chi connectivity index (χ3v) is 5.65. The standard InChI is InChI=1S/C12H15BrF2N2O2S/c13-8-4-12(10(15)5-9(8)14)20(18,19)17-11-3-1-2-7(11)6-16/h4-5,7,11,17H,1-3,6,16H2. The minimum Gasteiger partial charge on any atom is -0.330 e. The van der Waals surface area contributed by atoms with Gasteiger partial charge in [0.15, 0.2) is 0 Å². The molecule has 1 aromatic carbocycles. The molecule has 0 spiro atoms. The summed E-state index contributed by atoms with van der Waals surface area (Å²) in [7, 11) is -4.03. The van der Waals surface area contributed by atoms with E-state index < -0.39 is 26.6 Å². The molecule has 8 heteroatoms. The first-order chi connectivity index (χ1) is 9.35. The summed E-state index contributed by atoms with van der Waals surface area (Å²) < 4.78 is 53.6. The van der Waals surface area contributed by atoms with E-state index in [1.54, 1.807) is 0 Å². The van der Waals surface area contributed by atoms with Crippen LogP contribution in [0.25, 0.3) is 0 Å². The first kappa shape index (κ1) is 15.8. The van der Waals surface area contributed by atoms with Gasteiger partial charge in [0.05, 0.1) is 4.47 Å². The molecule has 1 saturated carbocycles. The summed E-state index contributed by atoms with van der Waals surface area (Å²) in [5, 5.41) is 0. The van der Waals surface area contributed by atoms with E-state index in [2.05, 4.69) is 20.7 Å². The monoisotopic (exact) mass is 368 g/mol. The second kappa shape index (κ2) is 6.05. The molecule has 1 aliphatic carbocycles. The van der Waals surface area contributed by atoms with E-state index >= 15 is 0 Å². The Labute approximate surface area is 124 Å². The molecule has 0 bridgehead atoms. The molecule has 2 atom stereocenters. The van der Waals surface area contributed by atoms with Gasteiger partial charge in [0, 0.05) is 12.1 Å². The van der Waals surface area contributed by atoms with E-state index in [-0.39, 0.29) is 16.4 Å². The highest BCUT2D eigenvalue weighted by atomic mass is 79.9. The van der Waals surface area contributed by atoms with Crippen molar-refractivity contribution in [3.8, 4) is 0 Å². The van der Waals surface area contributed by atoms with Gasteiger partial charge in [0.2, 0.25) is 10.0 Å². The van der Waals surface area contributed by atoms with Crippen molar-refractivity contribution >= 4 is 26.0 Å². The summed E-state index contributed by atoms with van der Waals surface area (Å²) in [6.45, 7) is 0.378. The van der Waals surface area contributed by atoms with Gasteiger partial charge in [-0.05, 0) is 47.3 Å². The van der Waals surface area contributed by atoms with Gasteiger partial charge < -0.3 is 5.73 Å². The van der Waals surface area contributed by atoms with Crippen molar-refractivity contribution in [1.29, 1.82) is 0 Å². The molecule has 0 heterocycles. The molecule has 0 aromatic heterocycles. The first-order valence-corrected chi connectivity index (χ1v) is 8.49. The van der Waals surface area contributed by atoms with Crippen molar-refractivity contribution in [2.24, 2.45) is 11.7 Å². The lowest BCUT2D eigenvalue weighted by Gasteiger charge is -2.19. The summed E-state index contributed by atoms with van der Waals surface area (Å²) in [5.41, 5.74) is 5.59. The number of benzene rings is 1. The van der Waals surface area contributed by atoms with Crippen molar-refractivity contribution in [3.05, 3.63) is 28.2 Å². The molecule has 3 N–H and O–H groups in total. The highest BCUT2D eigenvalue weighted by Gasteiger charge is 2.31. The van der Waals surface area contributed by atoms with Crippen molar-refractivity contribution in [1.82, 2.24) is 4.72 Å². The second-order valence-electron chi connectivity index (χ2n) is 4.85. The van der Waals surface area contributed by atoms with Gasteiger partial charge in [-0.2, -0.15) is 0 Å². The number of hydrogen-bond donors (Lipinski definition) is 2. The largest absolute Gasteiger partial charge is 0.330 e. The first-order valence-electron chi connectivity index (χ1n) is 6.22. The van der Waals surface area contributed by atoms with Crippen molar-refractivity contribution < 1.29 is 17.2 Å². The van der Waals surface area contributed by atoms with Crippen LogP contribution in [-0.4, -0.2) is 21.0 Å². The molecular formula is C12H15BrF2N2O2S. The van der Waals surface area contributed by atoms with Crippen LogP contribution in [0.15, 0.2) is 21.5 Å². The van der Waals surface area contributed by atoms with Gasteiger partial charge in [-0.25, -0.2) is 21.9 Å². The van der Waals surface area contributed by atoms with Crippen LogP contribution in [0.2, 0.25) is 0 Å². The van der Waals surface area contributed by atoms with Gasteiger partial charge in [-0.1, -0.05) is 6.42 Å². The van der Waals surface area contributed by atoms with Gasteiger partial charge in [-0.15, -0.1) is 0 Å². The number of sulfonamides is 1. The fraction of sp³-hybridized carbons (Fsp3) is 0.500. The Morgan fingerprint density at radius 1 is 1.30 bits per heavy atom. The summed E-state index contributed by atoms with van der Waals surface area (Å²) in [4.78, 5) is -0.562. The van der Waals surface area contributed by atoms with Crippen LogP contribution in [0, 0.1) is 17.6 Å². The summed E-state index contributed by atoms with van der Waals surface area (Å²) in [6.07, 6.45) is 2.40. The zero-order chi connectivity index (χ0) is 14.9. The molecule has 4 nitrogen and oxygen atoms in total. The number of nitrogens with two attached hydrogens (primary N) is 1. The summed E-state index contributed by atoms with van der Waals surface area (Å²) in [6, 6.07) is 1.18. The maximum atomic E-state index is 13.7. The Morgan fingerprint density at radius 3 is 2.65 bits per heavy atom. The molecule has 0 aliphatic heterocycles. The highest BCUT2D eigenvalue weighted by Crippen LogP contribution is 2.28. The summed E-state index contributed by atoms with van der Waals surface area (Å²) >= 11 is 2.86. The van der Waals surface area contributed by atoms with Crippen molar-refractivity contribution in [2.75, 3.05) is 6.54 Å². The van der Waals surface area contributed by atoms with Crippen LogP contribution in [-0.2, 0) is 10.0 Å². The summed E-state index contributed by atoms with van der Waals surface area (Å²) in [5.74, 6) is -1.90. The molecule has 0 amide bonds. The Morgan fingerprint density at radius 2 is 2.00 bits per heavy atom. The smallest absolute Gasteiger partial charge is 0.243 e. The van der Waals surface area contributed by atoms with Crippen LogP contribution in [0.4, 0.5) is 8.78 Å². The van der Waals surface area contributed by atoms with Crippen LogP contribution < -0.4 is 10.5 Å². The molecule has 1 aliphatic rings. The van der Waals surface area contributed by atoms with E-state index in [9.17, 15) is 17.2 Å².